The Morgan fingerprint density at radius 3 is 2.48 bits per heavy atom. The minimum Gasteiger partial charge on any atom is -0.455 e. The van der Waals surface area contributed by atoms with E-state index in [1.807, 2.05) is 36.4 Å². The molecule has 0 radical (unpaired) electrons. The number of furan rings is 1. The molecule has 0 bridgehead atoms. The number of benzene rings is 3. The van der Waals surface area contributed by atoms with Crippen LogP contribution in [0.15, 0.2) is 89.3 Å². The van der Waals surface area contributed by atoms with Crippen LogP contribution < -0.4 is 10.1 Å². The summed E-state index contributed by atoms with van der Waals surface area (Å²) in [6, 6.07) is 23.8. The number of rotatable bonds is 5. The van der Waals surface area contributed by atoms with E-state index in [0.717, 1.165) is 0 Å². The predicted octanol–water partition coefficient (Wildman–Crippen LogP) is 6.78. The second kappa shape index (κ2) is 8.20. The van der Waals surface area contributed by atoms with Gasteiger partial charge in [0, 0.05) is 5.56 Å². The first-order chi connectivity index (χ1) is 14.1. The van der Waals surface area contributed by atoms with E-state index < -0.39 is 11.7 Å². The third kappa shape index (κ3) is 4.31. The molecule has 0 aliphatic carbocycles. The van der Waals surface area contributed by atoms with Gasteiger partial charge in [0.1, 0.15) is 17.3 Å². The zero-order valence-electron chi connectivity index (χ0n) is 15.1. The molecular weight excluding hydrogens is 393 g/mol. The first kappa shape index (κ1) is 18.8. The van der Waals surface area contributed by atoms with Gasteiger partial charge in [0.2, 0.25) is 0 Å². The average molecular weight is 408 g/mol. The van der Waals surface area contributed by atoms with Gasteiger partial charge in [-0.25, -0.2) is 4.39 Å². The highest BCUT2D eigenvalue weighted by Gasteiger charge is 2.15. The number of ether oxygens (including phenoxy) is 1. The van der Waals surface area contributed by atoms with Crippen molar-refractivity contribution in [3.63, 3.8) is 0 Å². The third-order valence-corrected chi connectivity index (χ3v) is 4.43. The molecule has 3 aromatic carbocycles. The molecule has 0 atom stereocenters. The zero-order chi connectivity index (χ0) is 20.2. The number of nitrogens with one attached hydrogen (secondary N) is 1. The highest BCUT2D eigenvalue weighted by molar-refractivity contribution is 6.31. The number of para-hydroxylation sites is 3. The maximum absolute atomic E-state index is 13.3. The van der Waals surface area contributed by atoms with Crippen molar-refractivity contribution in [2.24, 2.45) is 0 Å². The monoisotopic (exact) mass is 407 g/mol. The van der Waals surface area contributed by atoms with Crippen molar-refractivity contribution in [1.29, 1.82) is 0 Å². The lowest BCUT2D eigenvalue weighted by atomic mass is 10.2. The van der Waals surface area contributed by atoms with E-state index in [1.54, 1.807) is 30.3 Å². The minimum absolute atomic E-state index is 0.0168. The van der Waals surface area contributed by atoms with E-state index in [2.05, 4.69) is 5.32 Å². The van der Waals surface area contributed by atoms with Crippen molar-refractivity contribution >= 4 is 23.2 Å². The highest BCUT2D eigenvalue weighted by Crippen LogP contribution is 2.30. The summed E-state index contributed by atoms with van der Waals surface area (Å²) in [5.41, 5.74) is 1.08. The smallest absolute Gasteiger partial charge is 0.291 e. The third-order valence-electron chi connectivity index (χ3n) is 4.14. The predicted molar refractivity (Wildman–Crippen MR) is 110 cm³/mol. The van der Waals surface area contributed by atoms with Gasteiger partial charge in [-0.3, -0.25) is 4.79 Å². The first-order valence-corrected chi connectivity index (χ1v) is 9.16. The summed E-state index contributed by atoms with van der Waals surface area (Å²) in [4.78, 5) is 12.6. The molecule has 1 heterocycles. The van der Waals surface area contributed by atoms with Gasteiger partial charge in [-0.2, -0.15) is 0 Å². The Hall–Kier alpha value is -3.57. The summed E-state index contributed by atoms with van der Waals surface area (Å²) >= 11 is 5.81. The maximum Gasteiger partial charge on any atom is 0.291 e. The maximum atomic E-state index is 13.3. The number of carbonyl (C=O) groups excluding carboxylic acids is 1. The van der Waals surface area contributed by atoms with Gasteiger partial charge in [0.05, 0.1) is 10.7 Å². The van der Waals surface area contributed by atoms with Gasteiger partial charge in [-0.05, 0) is 54.6 Å². The van der Waals surface area contributed by atoms with Crippen LogP contribution in [0, 0.1) is 5.82 Å². The first-order valence-electron chi connectivity index (χ1n) is 8.79. The highest BCUT2D eigenvalue weighted by atomic mass is 35.5. The fourth-order valence-electron chi connectivity index (χ4n) is 2.72. The van der Waals surface area contributed by atoms with Crippen LogP contribution in [0.5, 0.6) is 11.5 Å². The van der Waals surface area contributed by atoms with Crippen molar-refractivity contribution in [3.8, 4) is 22.8 Å². The summed E-state index contributed by atoms with van der Waals surface area (Å²) in [5.74, 6) is 0.719. The van der Waals surface area contributed by atoms with E-state index in [4.69, 9.17) is 20.8 Å². The van der Waals surface area contributed by atoms with E-state index in [0.29, 0.717) is 28.5 Å². The van der Waals surface area contributed by atoms with Gasteiger partial charge in [-0.15, -0.1) is 0 Å². The van der Waals surface area contributed by atoms with Crippen LogP contribution in [0.4, 0.5) is 10.1 Å². The molecule has 1 aromatic heterocycles. The molecule has 0 aliphatic rings. The minimum atomic E-state index is -0.519. The molecule has 6 heteroatoms. The fraction of sp³-hybridized carbons (Fsp3) is 0. The Kier molecular flexibility index (Phi) is 5.31. The van der Waals surface area contributed by atoms with Gasteiger partial charge in [0.25, 0.3) is 5.91 Å². The summed E-state index contributed by atoms with van der Waals surface area (Å²) in [6.07, 6.45) is 0. The molecule has 0 spiro atoms. The van der Waals surface area contributed by atoms with Crippen molar-refractivity contribution < 1.29 is 18.3 Å². The zero-order valence-corrected chi connectivity index (χ0v) is 15.8. The number of halogens is 2. The largest absolute Gasteiger partial charge is 0.455 e. The number of amides is 1. The molecule has 0 fully saturated rings. The number of anilines is 1. The van der Waals surface area contributed by atoms with Crippen LogP contribution in [-0.2, 0) is 0 Å². The summed E-state index contributed by atoms with van der Waals surface area (Å²) in [7, 11) is 0. The van der Waals surface area contributed by atoms with Gasteiger partial charge >= 0.3 is 0 Å². The Balaban J connectivity index is 1.53. The standard InChI is InChI=1S/C23H15ClFNO3/c24-17-14-15(10-11-18(17)25)20-12-13-22(29-20)23(27)26-19-8-4-5-9-21(19)28-16-6-2-1-3-7-16/h1-14H,(H,26,27). The summed E-state index contributed by atoms with van der Waals surface area (Å²) < 4.78 is 24.8. The molecule has 4 aromatic rings. The molecule has 1 amide bonds. The van der Waals surface area contributed by atoms with E-state index >= 15 is 0 Å². The van der Waals surface area contributed by atoms with Crippen molar-refractivity contribution in [3.05, 3.63) is 102 Å². The molecule has 4 nitrogen and oxygen atoms in total. The normalized spacial score (nSPS) is 10.6. The number of hydrogen-bond acceptors (Lipinski definition) is 3. The van der Waals surface area contributed by atoms with Crippen LogP contribution >= 0.6 is 11.6 Å². The lowest BCUT2D eigenvalue weighted by Crippen LogP contribution is -2.11. The van der Waals surface area contributed by atoms with Crippen LogP contribution in [0.25, 0.3) is 11.3 Å². The number of carbonyl (C=O) groups is 1. The molecule has 1 N–H and O–H groups in total. The quantitative estimate of drug-likeness (QED) is 0.396. The van der Waals surface area contributed by atoms with Crippen LogP contribution in [0.1, 0.15) is 10.6 Å². The Morgan fingerprint density at radius 2 is 1.69 bits per heavy atom. The molecule has 29 heavy (non-hydrogen) atoms. The summed E-state index contributed by atoms with van der Waals surface area (Å²) in [5, 5.41) is 2.77. The van der Waals surface area contributed by atoms with Crippen LogP contribution in [-0.4, -0.2) is 5.91 Å². The molecule has 0 saturated carbocycles. The average Bonchev–Trinajstić information content (AvgIpc) is 3.23. The van der Waals surface area contributed by atoms with Crippen LogP contribution in [0.3, 0.4) is 0 Å². The molecule has 0 unspecified atom stereocenters. The fourth-order valence-corrected chi connectivity index (χ4v) is 2.90. The molecule has 4 rings (SSSR count). The van der Waals surface area contributed by atoms with Gasteiger partial charge in [-0.1, -0.05) is 41.9 Å². The molecule has 0 aliphatic heterocycles. The molecular formula is C23H15ClFNO3. The SMILES string of the molecule is O=C(Nc1ccccc1Oc1ccccc1)c1ccc(-c2ccc(F)c(Cl)c2)o1. The van der Waals surface area contributed by atoms with E-state index in [-0.39, 0.29) is 10.8 Å². The Labute approximate surface area is 171 Å². The van der Waals surface area contributed by atoms with Crippen molar-refractivity contribution in [2.45, 2.75) is 0 Å². The van der Waals surface area contributed by atoms with Crippen LogP contribution in [0.2, 0.25) is 5.02 Å². The Morgan fingerprint density at radius 1 is 0.931 bits per heavy atom. The van der Waals surface area contributed by atoms with Gasteiger partial charge in [0.15, 0.2) is 11.5 Å². The molecule has 0 saturated heterocycles. The van der Waals surface area contributed by atoms with Gasteiger partial charge < -0.3 is 14.5 Å². The molecule has 144 valence electrons. The summed E-state index contributed by atoms with van der Waals surface area (Å²) in [6.45, 7) is 0. The number of hydrogen-bond donors (Lipinski definition) is 1. The topological polar surface area (TPSA) is 51.5 Å². The van der Waals surface area contributed by atoms with Crippen molar-refractivity contribution in [2.75, 3.05) is 5.32 Å². The lowest BCUT2D eigenvalue weighted by Gasteiger charge is -2.11. The second-order valence-corrected chi connectivity index (χ2v) is 6.57. The lowest BCUT2D eigenvalue weighted by molar-refractivity contribution is 0.0997. The van der Waals surface area contributed by atoms with Crippen molar-refractivity contribution in [1.82, 2.24) is 0 Å². The second-order valence-electron chi connectivity index (χ2n) is 6.16. The van der Waals surface area contributed by atoms with E-state index in [9.17, 15) is 9.18 Å². The Bertz CT molecular complexity index is 1160. The van der Waals surface area contributed by atoms with E-state index in [1.165, 1.54) is 18.2 Å².